The van der Waals surface area contributed by atoms with E-state index in [4.69, 9.17) is 16.0 Å². The molecule has 0 unspecified atom stereocenters. The Morgan fingerprint density at radius 2 is 1.94 bits per heavy atom. The first kappa shape index (κ1) is 22.6. The molecular weight excluding hydrogens is 458 g/mol. The van der Waals surface area contributed by atoms with Crippen molar-refractivity contribution in [1.82, 2.24) is 20.2 Å². The third-order valence-electron chi connectivity index (χ3n) is 4.51. The predicted octanol–water partition coefficient (Wildman–Crippen LogP) is 5.40. The van der Waals surface area contributed by atoms with E-state index in [-0.39, 0.29) is 11.7 Å². The van der Waals surface area contributed by atoms with E-state index in [9.17, 15) is 4.79 Å². The molecule has 0 saturated heterocycles. The molecule has 0 bridgehead atoms. The quantitative estimate of drug-likeness (QED) is 0.209. The molecule has 166 valence electrons. The van der Waals surface area contributed by atoms with Crippen molar-refractivity contribution < 1.29 is 9.21 Å². The molecule has 0 aliphatic heterocycles. The van der Waals surface area contributed by atoms with Gasteiger partial charge in [0.05, 0.1) is 12.0 Å². The van der Waals surface area contributed by atoms with Gasteiger partial charge in [0.2, 0.25) is 0 Å². The summed E-state index contributed by atoms with van der Waals surface area (Å²) in [5.74, 6) is 1.24. The Kier molecular flexibility index (Phi) is 7.39. The highest BCUT2D eigenvalue weighted by Gasteiger charge is 2.17. The van der Waals surface area contributed by atoms with Crippen molar-refractivity contribution in [3.8, 4) is 17.1 Å². The van der Waals surface area contributed by atoms with Gasteiger partial charge in [-0.15, -0.1) is 10.2 Å². The summed E-state index contributed by atoms with van der Waals surface area (Å²) in [4.78, 5) is 12.3. The van der Waals surface area contributed by atoms with Gasteiger partial charge in [0, 0.05) is 22.5 Å². The van der Waals surface area contributed by atoms with E-state index in [0.29, 0.717) is 21.8 Å². The van der Waals surface area contributed by atoms with Crippen molar-refractivity contribution in [2.45, 2.75) is 12.1 Å². The van der Waals surface area contributed by atoms with Crippen LogP contribution in [-0.4, -0.2) is 32.6 Å². The minimum absolute atomic E-state index is 0.129. The molecule has 9 heteroatoms. The number of aryl methyl sites for hydroxylation is 1. The van der Waals surface area contributed by atoms with Crippen LogP contribution in [0.15, 0.2) is 87.7 Å². The Morgan fingerprint density at radius 3 is 2.67 bits per heavy atom. The first-order valence-electron chi connectivity index (χ1n) is 10.0. The van der Waals surface area contributed by atoms with Crippen molar-refractivity contribution in [2.75, 3.05) is 5.75 Å². The first-order chi connectivity index (χ1) is 16.1. The number of thioether (sulfide) groups is 1. The zero-order chi connectivity index (χ0) is 23.0. The number of rotatable bonds is 8. The molecule has 1 N–H and O–H groups in total. The molecule has 0 radical (unpaired) electrons. The number of carbonyl (C=O) groups excluding carboxylic acids is 1. The van der Waals surface area contributed by atoms with Crippen molar-refractivity contribution in [3.05, 3.63) is 89.3 Å². The Labute approximate surface area is 200 Å². The molecule has 4 rings (SSSR count). The van der Waals surface area contributed by atoms with Crippen molar-refractivity contribution in [2.24, 2.45) is 5.10 Å². The van der Waals surface area contributed by atoms with E-state index < -0.39 is 0 Å². The maximum Gasteiger partial charge on any atom is 0.250 e. The number of amides is 1. The summed E-state index contributed by atoms with van der Waals surface area (Å²) < 4.78 is 7.11. The Morgan fingerprint density at radius 1 is 1.15 bits per heavy atom. The van der Waals surface area contributed by atoms with E-state index in [1.165, 1.54) is 18.0 Å². The number of hydrazone groups is 1. The number of hydrogen-bond acceptors (Lipinski definition) is 6. The molecule has 4 aromatic rings. The number of hydrogen-bond donors (Lipinski definition) is 1. The average molecular weight is 478 g/mol. The molecule has 2 heterocycles. The van der Waals surface area contributed by atoms with E-state index in [0.717, 1.165) is 16.8 Å². The van der Waals surface area contributed by atoms with E-state index in [1.54, 1.807) is 24.5 Å². The lowest BCUT2D eigenvalue weighted by atomic mass is 10.2. The number of nitrogens with one attached hydrogen (secondary N) is 1. The minimum Gasteiger partial charge on any atom is -0.465 e. The highest BCUT2D eigenvalue weighted by atomic mass is 35.5. The summed E-state index contributed by atoms with van der Waals surface area (Å²) in [5.41, 5.74) is 5.42. The molecule has 2 aromatic heterocycles. The lowest BCUT2D eigenvalue weighted by Gasteiger charge is -2.10. The van der Waals surface area contributed by atoms with Gasteiger partial charge in [-0.05, 0) is 67.6 Å². The summed E-state index contributed by atoms with van der Waals surface area (Å²) in [6.07, 6.45) is 6.49. The Balaban J connectivity index is 1.47. The van der Waals surface area contributed by atoms with Gasteiger partial charge in [0.15, 0.2) is 11.0 Å². The average Bonchev–Trinajstić information content (AvgIpc) is 3.49. The fraction of sp³-hybridized carbons (Fsp3) is 0.0833. The van der Waals surface area contributed by atoms with Gasteiger partial charge in [-0.1, -0.05) is 41.1 Å². The highest BCUT2D eigenvalue weighted by molar-refractivity contribution is 7.99. The molecule has 0 fully saturated rings. The second kappa shape index (κ2) is 10.8. The molecule has 0 aliphatic rings. The van der Waals surface area contributed by atoms with Crippen LogP contribution in [0.2, 0.25) is 5.02 Å². The molecular formula is C24H20ClN5O2S. The Bertz CT molecular complexity index is 1260. The van der Waals surface area contributed by atoms with Crippen molar-refractivity contribution >= 4 is 41.6 Å². The smallest absolute Gasteiger partial charge is 0.250 e. The maximum atomic E-state index is 12.3. The van der Waals surface area contributed by atoms with Gasteiger partial charge < -0.3 is 4.42 Å². The summed E-state index contributed by atoms with van der Waals surface area (Å²) >= 11 is 7.32. The summed E-state index contributed by atoms with van der Waals surface area (Å²) in [7, 11) is 0. The van der Waals surface area contributed by atoms with Crippen LogP contribution in [-0.2, 0) is 4.79 Å². The molecule has 0 atom stereocenters. The normalized spacial score (nSPS) is 11.5. The zero-order valence-electron chi connectivity index (χ0n) is 17.7. The van der Waals surface area contributed by atoms with Crippen LogP contribution in [0.1, 0.15) is 11.3 Å². The lowest BCUT2D eigenvalue weighted by Crippen LogP contribution is -2.19. The number of aromatic nitrogens is 3. The van der Waals surface area contributed by atoms with Gasteiger partial charge in [-0.3, -0.25) is 9.36 Å². The van der Waals surface area contributed by atoms with Crippen molar-refractivity contribution in [1.29, 1.82) is 0 Å². The number of benzene rings is 2. The van der Waals surface area contributed by atoms with Crippen LogP contribution < -0.4 is 5.43 Å². The summed E-state index contributed by atoms with van der Waals surface area (Å²) in [5, 5.41) is 13.9. The number of furan rings is 1. The van der Waals surface area contributed by atoms with Gasteiger partial charge in [-0.25, -0.2) is 5.43 Å². The van der Waals surface area contributed by atoms with Gasteiger partial charge >= 0.3 is 0 Å². The first-order valence-corrected chi connectivity index (χ1v) is 11.4. The van der Waals surface area contributed by atoms with E-state index >= 15 is 0 Å². The van der Waals surface area contributed by atoms with Crippen molar-refractivity contribution in [3.63, 3.8) is 0 Å². The van der Waals surface area contributed by atoms with Crippen LogP contribution in [0.4, 0.5) is 0 Å². The fourth-order valence-electron chi connectivity index (χ4n) is 2.91. The number of carbonyl (C=O) groups is 1. The zero-order valence-corrected chi connectivity index (χ0v) is 19.3. The predicted molar refractivity (Wildman–Crippen MR) is 132 cm³/mol. The molecule has 0 spiro atoms. The maximum absolute atomic E-state index is 12.3. The third kappa shape index (κ3) is 6.00. The Hall–Kier alpha value is -3.62. The third-order valence-corrected chi connectivity index (χ3v) is 5.69. The molecule has 1 amide bonds. The SMILES string of the molecule is Cc1ccc(-n2c(SCC(=O)N/N=C\C=C\c3ccco3)nnc2-c2ccc(Cl)cc2)cc1. The fourth-order valence-corrected chi connectivity index (χ4v) is 3.78. The minimum atomic E-state index is -0.255. The monoisotopic (exact) mass is 477 g/mol. The van der Waals surface area contributed by atoms with Crippen LogP contribution in [0.3, 0.4) is 0 Å². The van der Waals surface area contributed by atoms with Gasteiger partial charge in [0.1, 0.15) is 5.76 Å². The molecule has 2 aromatic carbocycles. The second-order valence-electron chi connectivity index (χ2n) is 6.96. The molecule has 0 aliphatic carbocycles. The number of allylic oxidation sites excluding steroid dienone is 1. The van der Waals surface area contributed by atoms with Crippen LogP contribution in [0, 0.1) is 6.92 Å². The molecule has 7 nitrogen and oxygen atoms in total. The van der Waals surface area contributed by atoms with Crippen LogP contribution in [0.25, 0.3) is 23.2 Å². The second-order valence-corrected chi connectivity index (χ2v) is 8.34. The highest BCUT2D eigenvalue weighted by Crippen LogP contribution is 2.28. The largest absolute Gasteiger partial charge is 0.465 e. The standard InChI is InChI=1S/C24H20ClN5O2S/c1-17-6-12-20(13-7-17)30-23(18-8-10-19(25)11-9-18)28-29-24(30)33-16-22(31)27-26-14-2-4-21-5-3-15-32-21/h2-15H,16H2,1H3,(H,27,31)/b4-2+,26-14-. The van der Waals surface area contributed by atoms with Crippen LogP contribution >= 0.6 is 23.4 Å². The molecule has 0 saturated carbocycles. The number of nitrogens with zero attached hydrogens (tertiary/aromatic N) is 4. The van der Waals surface area contributed by atoms with E-state index in [2.05, 4.69) is 20.7 Å². The van der Waals surface area contributed by atoms with Gasteiger partial charge in [0.25, 0.3) is 5.91 Å². The van der Waals surface area contributed by atoms with Gasteiger partial charge in [-0.2, -0.15) is 5.10 Å². The summed E-state index contributed by atoms with van der Waals surface area (Å²) in [6, 6.07) is 19.1. The molecule has 33 heavy (non-hydrogen) atoms. The van der Waals surface area contributed by atoms with Crippen LogP contribution in [0.5, 0.6) is 0 Å². The lowest BCUT2D eigenvalue weighted by molar-refractivity contribution is -0.118. The summed E-state index contributed by atoms with van der Waals surface area (Å²) in [6.45, 7) is 2.03. The van der Waals surface area contributed by atoms with E-state index in [1.807, 2.05) is 66.1 Å². The topological polar surface area (TPSA) is 85.3 Å². The number of halogens is 1.